The zero-order chi connectivity index (χ0) is 22.8. The van der Waals surface area contributed by atoms with Gasteiger partial charge < -0.3 is 14.8 Å². The van der Waals surface area contributed by atoms with Gasteiger partial charge in [0.1, 0.15) is 19.0 Å². The first-order valence-corrected chi connectivity index (χ1v) is 11.0. The maximum Gasteiger partial charge on any atom is 0.272 e. The van der Waals surface area contributed by atoms with Crippen LogP contribution >= 0.6 is 0 Å². The Morgan fingerprint density at radius 1 is 0.941 bits per heavy atom. The Kier molecular flexibility index (Phi) is 3.96. The zero-order valence-electron chi connectivity index (χ0n) is 17.8. The van der Waals surface area contributed by atoms with Crippen molar-refractivity contribution in [3.05, 3.63) is 87.7 Å². The van der Waals surface area contributed by atoms with Crippen molar-refractivity contribution in [3.8, 4) is 11.5 Å². The molecule has 0 spiro atoms. The second kappa shape index (κ2) is 7.05. The van der Waals surface area contributed by atoms with Crippen LogP contribution in [0.15, 0.2) is 59.5 Å². The molecule has 7 rings (SSSR count). The fourth-order valence-electron chi connectivity index (χ4n) is 5.06. The zero-order valence-corrected chi connectivity index (χ0v) is 17.8. The minimum Gasteiger partial charge on any atom is -0.486 e. The van der Waals surface area contributed by atoms with Gasteiger partial charge in [-0.2, -0.15) is 10.2 Å². The molecule has 3 aromatic carbocycles. The molecule has 9 heteroatoms. The van der Waals surface area contributed by atoms with Crippen LogP contribution in [0.2, 0.25) is 0 Å². The highest BCUT2D eigenvalue weighted by Gasteiger charge is 2.36. The predicted molar refractivity (Wildman–Crippen MR) is 124 cm³/mol. The van der Waals surface area contributed by atoms with Gasteiger partial charge in [-0.15, -0.1) is 0 Å². The van der Waals surface area contributed by atoms with Crippen LogP contribution in [0.4, 0.5) is 10.1 Å². The average molecular weight is 455 g/mol. The van der Waals surface area contributed by atoms with Gasteiger partial charge in [-0.1, -0.05) is 18.2 Å². The number of hydrogen-bond acceptors (Lipinski definition) is 6. The standard InChI is InChI=1S/C25H18FN5O3/c26-15-9-16-22-18(10-15)28-23(13-3-4-19-20(8-13)34-6-5-33-19)21(24(22)30-31-25(16)32)12-1-2-14-11-27-29-17(14)7-12/h1-4,7-11,21,23,28H,5-6H2,(H,27,29)(H,31,32). The molecule has 2 unspecified atom stereocenters. The molecular weight excluding hydrogens is 437 g/mol. The van der Waals surface area contributed by atoms with Gasteiger partial charge in [-0.25, -0.2) is 9.49 Å². The summed E-state index contributed by atoms with van der Waals surface area (Å²) in [5.74, 6) is 0.582. The molecule has 0 bridgehead atoms. The van der Waals surface area contributed by atoms with E-state index in [1.807, 2.05) is 36.4 Å². The molecule has 0 amide bonds. The van der Waals surface area contributed by atoms with Crippen LogP contribution < -0.4 is 20.3 Å². The van der Waals surface area contributed by atoms with E-state index in [-0.39, 0.29) is 17.3 Å². The number of halogens is 1. The topological polar surface area (TPSA) is 105 Å². The van der Waals surface area contributed by atoms with E-state index < -0.39 is 11.4 Å². The SMILES string of the molecule is O=c1[nH]nc2c3c(cc(F)cc13)NC(c1ccc3c(c1)OCCO3)C2c1ccc2cn[nH]c2c1. The van der Waals surface area contributed by atoms with Gasteiger partial charge in [-0.3, -0.25) is 9.89 Å². The van der Waals surface area contributed by atoms with Crippen molar-refractivity contribution in [3.63, 3.8) is 0 Å². The molecule has 0 saturated carbocycles. The lowest BCUT2D eigenvalue weighted by molar-refractivity contribution is 0.171. The van der Waals surface area contributed by atoms with Gasteiger partial charge >= 0.3 is 0 Å². The van der Waals surface area contributed by atoms with E-state index in [1.165, 1.54) is 12.1 Å². The van der Waals surface area contributed by atoms with Crippen molar-refractivity contribution in [2.45, 2.75) is 12.0 Å². The number of aromatic amines is 2. The normalized spacial score (nSPS) is 18.7. The number of nitrogens with one attached hydrogen (secondary N) is 3. The number of nitrogens with zero attached hydrogens (tertiary/aromatic N) is 2. The first-order valence-electron chi connectivity index (χ1n) is 11.0. The Labute approximate surface area is 191 Å². The minimum atomic E-state index is -0.490. The summed E-state index contributed by atoms with van der Waals surface area (Å²) >= 11 is 0. The lowest BCUT2D eigenvalue weighted by Gasteiger charge is -2.35. The average Bonchev–Trinajstić information content (AvgIpc) is 3.33. The van der Waals surface area contributed by atoms with Crippen LogP contribution in [-0.4, -0.2) is 33.6 Å². The summed E-state index contributed by atoms with van der Waals surface area (Å²) in [7, 11) is 0. The summed E-state index contributed by atoms with van der Waals surface area (Å²) in [5.41, 5.74) is 3.56. The molecule has 168 valence electrons. The first kappa shape index (κ1) is 19.1. The van der Waals surface area contributed by atoms with Crippen LogP contribution in [-0.2, 0) is 0 Å². The van der Waals surface area contributed by atoms with Gasteiger partial charge in [-0.05, 0) is 41.5 Å². The molecule has 2 aromatic heterocycles. The number of H-pyrrole nitrogens is 2. The van der Waals surface area contributed by atoms with Crippen LogP contribution in [0.5, 0.6) is 11.5 Å². The van der Waals surface area contributed by atoms with Crippen molar-refractivity contribution in [1.29, 1.82) is 0 Å². The molecule has 2 aliphatic rings. The first-order chi connectivity index (χ1) is 16.7. The quantitative estimate of drug-likeness (QED) is 0.372. The number of fused-ring (bicyclic) bond motifs is 2. The molecule has 2 atom stereocenters. The third-order valence-corrected chi connectivity index (χ3v) is 6.57. The minimum absolute atomic E-state index is 0.265. The van der Waals surface area contributed by atoms with Crippen molar-refractivity contribution in [2.75, 3.05) is 18.5 Å². The number of ether oxygens (including phenoxy) is 2. The lowest BCUT2D eigenvalue weighted by Crippen LogP contribution is -2.28. The van der Waals surface area contributed by atoms with Crippen molar-refractivity contribution >= 4 is 27.4 Å². The Morgan fingerprint density at radius 2 is 1.79 bits per heavy atom. The third kappa shape index (κ3) is 2.79. The van der Waals surface area contributed by atoms with E-state index in [0.29, 0.717) is 41.5 Å². The second-order valence-corrected chi connectivity index (χ2v) is 8.53. The second-order valence-electron chi connectivity index (χ2n) is 8.53. The molecule has 2 aliphatic heterocycles. The molecule has 5 aromatic rings. The molecule has 0 aliphatic carbocycles. The molecule has 4 heterocycles. The molecule has 0 saturated heterocycles. The Morgan fingerprint density at radius 3 is 2.71 bits per heavy atom. The summed E-state index contributed by atoms with van der Waals surface area (Å²) in [6.45, 7) is 0.984. The number of anilines is 1. The van der Waals surface area contributed by atoms with E-state index in [0.717, 1.165) is 22.0 Å². The molecule has 34 heavy (non-hydrogen) atoms. The highest BCUT2D eigenvalue weighted by atomic mass is 19.1. The third-order valence-electron chi connectivity index (χ3n) is 6.57. The van der Waals surface area contributed by atoms with E-state index in [1.54, 1.807) is 6.20 Å². The van der Waals surface area contributed by atoms with Crippen LogP contribution in [0, 0.1) is 5.82 Å². The number of benzene rings is 3. The van der Waals surface area contributed by atoms with E-state index in [9.17, 15) is 9.18 Å². The summed E-state index contributed by atoms with van der Waals surface area (Å²) in [6.07, 6.45) is 1.77. The highest BCUT2D eigenvalue weighted by molar-refractivity contribution is 5.97. The van der Waals surface area contributed by atoms with Gasteiger partial charge in [0.2, 0.25) is 0 Å². The number of hydrogen-bond donors (Lipinski definition) is 3. The Hall–Kier alpha value is -4.40. The van der Waals surface area contributed by atoms with E-state index >= 15 is 0 Å². The summed E-state index contributed by atoms with van der Waals surface area (Å²) < 4.78 is 26.0. The molecular formula is C25H18FN5O3. The molecule has 0 fully saturated rings. The Bertz CT molecular complexity index is 1660. The monoisotopic (exact) mass is 455 g/mol. The van der Waals surface area contributed by atoms with Gasteiger partial charge in [0, 0.05) is 16.5 Å². The fraction of sp³-hybridized carbons (Fsp3) is 0.160. The Balaban J connectivity index is 1.49. The van der Waals surface area contributed by atoms with Crippen LogP contribution in [0.3, 0.4) is 0 Å². The highest BCUT2D eigenvalue weighted by Crippen LogP contribution is 2.48. The van der Waals surface area contributed by atoms with Crippen LogP contribution in [0.25, 0.3) is 21.7 Å². The van der Waals surface area contributed by atoms with Crippen molar-refractivity contribution in [1.82, 2.24) is 20.4 Å². The maximum atomic E-state index is 14.5. The number of aromatic nitrogens is 4. The fourth-order valence-corrected chi connectivity index (χ4v) is 5.06. The van der Waals surface area contributed by atoms with Crippen LogP contribution in [0.1, 0.15) is 28.8 Å². The van der Waals surface area contributed by atoms with Gasteiger partial charge in [0.25, 0.3) is 5.56 Å². The summed E-state index contributed by atoms with van der Waals surface area (Å²) in [4.78, 5) is 12.5. The maximum absolute atomic E-state index is 14.5. The smallest absolute Gasteiger partial charge is 0.272 e. The predicted octanol–water partition coefficient (Wildman–Crippen LogP) is 4.01. The van der Waals surface area contributed by atoms with Crippen molar-refractivity contribution < 1.29 is 13.9 Å². The molecule has 3 N–H and O–H groups in total. The van der Waals surface area contributed by atoms with Gasteiger partial charge in [0.15, 0.2) is 11.5 Å². The van der Waals surface area contributed by atoms with E-state index in [4.69, 9.17) is 9.47 Å². The lowest BCUT2D eigenvalue weighted by atomic mass is 9.79. The van der Waals surface area contributed by atoms with E-state index in [2.05, 4.69) is 25.7 Å². The molecule has 8 nitrogen and oxygen atoms in total. The number of rotatable bonds is 2. The van der Waals surface area contributed by atoms with Crippen molar-refractivity contribution in [2.24, 2.45) is 0 Å². The summed E-state index contributed by atoms with van der Waals surface area (Å²) in [5, 5.41) is 19.6. The summed E-state index contributed by atoms with van der Waals surface area (Å²) in [6, 6.07) is 14.2. The molecule has 0 radical (unpaired) electrons. The largest absolute Gasteiger partial charge is 0.486 e. The van der Waals surface area contributed by atoms with Gasteiger partial charge in [0.05, 0.1) is 34.8 Å².